The van der Waals surface area contributed by atoms with Gasteiger partial charge in [0.25, 0.3) is 0 Å². The summed E-state index contributed by atoms with van der Waals surface area (Å²) >= 11 is 0. The van der Waals surface area contributed by atoms with Gasteiger partial charge in [-0.3, -0.25) is 13.8 Å². The van der Waals surface area contributed by atoms with Gasteiger partial charge in [0.05, 0.1) is 26.4 Å². The molecule has 0 saturated carbocycles. The number of esters is 1. The lowest BCUT2D eigenvalue weighted by Crippen LogP contribution is -2.29. The lowest BCUT2D eigenvalue weighted by Gasteiger charge is -2.20. The van der Waals surface area contributed by atoms with Gasteiger partial charge in [-0.2, -0.15) is 0 Å². The van der Waals surface area contributed by atoms with Crippen molar-refractivity contribution in [3.8, 4) is 0 Å². The van der Waals surface area contributed by atoms with E-state index >= 15 is 0 Å². The summed E-state index contributed by atoms with van der Waals surface area (Å²) in [6, 6.07) is 0. The summed E-state index contributed by atoms with van der Waals surface area (Å²) in [4.78, 5) is 22.7. The minimum atomic E-state index is -4.53. The highest BCUT2D eigenvalue weighted by molar-refractivity contribution is 7.47. The molecular formula is C52H95O9P. The Hall–Kier alpha value is -1.84. The number of rotatable bonds is 48. The van der Waals surface area contributed by atoms with Gasteiger partial charge in [-0.05, 0) is 57.8 Å². The van der Waals surface area contributed by atoms with Gasteiger partial charge in [-0.1, -0.05) is 216 Å². The van der Waals surface area contributed by atoms with Crippen LogP contribution in [0.1, 0.15) is 219 Å². The normalized spacial score (nSPS) is 14.3. The first-order valence-corrected chi connectivity index (χ1v) is 26.8. The third-order valence-corrected chi connectivity index (χ3v) is 11.7. The van der Waals surface area contributed by atoms with Crippen molar-refractivity contribution in [2.75, 3.05) is 33.0 Å². The fourth-order valence-corrected chi connectivity index (χ4v) is 7.70. The van der Waals surface area contributed by atoms with Crippen molar-refractivity contribution in [3.63, 3.8) is 0 Å². The Morgan fingerprint density at radius 3 is 1.39 bits per heavy atom. The molecule has 0 fully saturated rings. The van der Waals surface area contributed by atoms with Crippen LogP contribution in [0.25, 0.3) is 0 Å². The van der Waals surface area contributed by atoms with Crippen molar-refractivity contribution < 1.29 is 43.0 Å². The molecule has 0 aromatic rings. The molecule has 0 radical (unpaired) electrons. The second-order valence-corrected chi connectivity index (χ2v) is 18.3. The second kappa shape index (κ2) is 48.6. The number of hydrogen-bond donors (Lipinski definition) is 3. The maximum absolute atomic E-state index is 12.7. The molecule has 0 rings (SSSR count). The maximum Gasteiger partial charge on any atom is 0.472 e. The van der Waals surface area contributed by atoms with E-state index in [2.05, 4.69) is 74.6 Å². The molecule has 0 amide bonds. The van der Waals surface area contributed by atoms with Crippen LogP contribution in [0.15, 0.2) is 60.8 Å². The smallest absolute Gasteiger partial charge is 0.457 e. The molecule has 10 heteroatoms. The summed E-state index contributed by atoms with van der Waals surface area (Å²) in [5.74, 6) is -0.384. The van der Waals surface area contributed by atoms with Crippen LogP contribution in [0.3, 0.4) is 0 Å². The van der Waals surface area contributed by atoms with Crippen molar-refractivity contribution in [2.24, 2.45) is 0 Å². The van der Waals surface area contributed by atoms with Gasteiger partial charge in [-0.25, -0.2) is 4.57 Å². The van der Waals surface area contributed by atoms with E-state index < -0.39 is 33.2 Å². The van der Waals surface area contributed by atoms with Crippen LogP contribution < -0.4 is 0 Å². The van der Waals surface area contributed by atoms with E-state index in [9.17, 15) is 19.4 Å². The van der Waals surface area contributed by atoms with E-state index in [-0.39, 0.29) is 25.6 Å². The van der Waals surface area contributed by atoms with Crippen LogP contribution in [0.4, 0.5) is 0 Å². The Labute approximate surface area is 380 Å². The number of allylic oxidation sites excluding steroid dienone is 10. The Morgan fingerprint density at radius 2 is 0.919 bits per heavy atom. The van der Waals surface area contributed by atoms with Crippen molar-refractivity contribution >= 4 is 13.8 Å². The summed E-state index contributed by atoms with van der Waals surface area (Å²) in [6.45, 7) is 3.41. The van der Waals surface area contributed by atoms with Crippen molar-refractivity contribution in [1.82, 2.24) is 0 Å². The molecule has 0 aromatic heterocycles. The Bertz CT molecular complexity index is 1150. The van der Waals surface area contributed by atoms with Crippen LogP contribution in [0, 0.1) is 0 Å². The molecule has 62 heavy (non-hydrogen) atoms. The second-order valence-electron chi connectivity index (χ2n) is 16.8. The minimum absolute atomic E-state index is 0.0436. The molecule has 0 aromatic carbocycles. The van der Waals surface area contributed by atoms with Gasteiger partial charge in [0.2, 0.25) is 0 Å². The van der Waals surface area contributed by atoms with Crippen LogP contribution in [-0.2, 0) is 27.9 Å². The van der Waals surface area contributed by atoms with E-state index in [0.717, 1.165) is 77.0 Å². The SMILES string of the molecule is CC/C=C\C/C=C\C/C=C\C/C=C\C/C=C\CCCCCCCCCCOCC(COP(=O)(O)OCC(O)CO)OC(=O)CCCCCCCCCCCCCCCCCCC. The number of unbranched alkanes of at least 4 members (excludes halogenated alkanes) is 24. The standard InChI is InChI=1S/C52H95O9P/c1-3-5-7-9-11-13-15-17-19-21-22-23-24-25-26-27-29-31-33-35-37-39-41-43-45-58-48-51(49-60-62(56,57)59-47-50(54)46-53)61-52(55)44-42-40-38-36-34-32-30-28-20-18-16-14-12-10-8-6-4-2/h5,7,11,13,17,19,22-23,25-26,50-51,53-54H,3-4,6,8-10,12,14-16,18,20-21,24,27-49H2,1-2H3,(H,56,57)/b7-5-,13-11-,19-17-,23-22-,26-25-. The first-order valence-electron chi connectivity index (χ1n) is 25.3. The molecule has 0 aliphatic heterocycles. The zero-order valence-corrected chi connectivity index (χ0v) is 40.7. The van der Waals surface area contributed by atoms with E-state index in [1.165, 1.54) is 122 Å². The zero-order chi connectivity index (χ0) is 45.3. The maximum atomic E-state index is 12.7. The van der Waals surface area contributed by atoms with Gasteiger partial charge in [0.15, 0.2) is 0 Å². The molecule has 362 valence electrons. The Kier molecular flexibility index (Phi) is 47.2. The lowest BCUT2D eigenvalue weighted by molar-refractivity contribution is -0.154. The topological polar surface area (TPSA) is 132 Å². The van der Waals surface area contributed by atoms with Crippen molar-refractivity contribution in [3.05, 3.63) is 60.8 Å². The van der Waals surface area contributed by atoms with Gasteiger partial charge < -0.3 is 24.6 Å². The molecular weight excluding hydrogens is 800 g/mol. The largest absolute Gasteiger partial charge is 0.472 e. The number of aliphatic hydroxyl groups is 2. The Balaban J connectivity index is 4.09. The van der Waals surface area contributed by atoms with Crippen molar-refractivity contribution in [2.45, 2.75) is 232 Å². The molecule has 9 nitrogen and oxygen atoms in total. The van der Waals surface area contributed by atoms with Gasteiger partial charge in [0.1, 0.15) is 12.2 Å². The van der Waals surface area contributed by atoms with Gasteiger partial charge >= 0.3 is 13.8 Å². The quantitative estimate of drug-likeness (QED) is 0.0236. The molecule has 0 bridgehead atoms. The highest BCUT2D eigenvalue weighted by Crippen LogP contribution is 2.43. The van der Waals surface area contributed by atoms with Crippen LogP contribution in [-0.4, -0.2) is 66.3 Å². The van der Waals surface area contributed by atoms with Crippen LogP contribution >= 0.6 is 7.82 Å². The van der Waals surface area contributed by atoms with E-state index in [4.69, 9.17) is 23.6 Å². The third-order valence-electron chi connectivity index (χ3n) is 10.7. The average Bonchev–Trinajstić information content (AvgIpc) is 3.26. The number of ether oxygens (including phenoxy) is 2. The first kappa shape index (κ1) is 60.2. The predicted molar refractivity (Wildman–Crippen MR) is 260 cm³/mol. The minimum Gasteiger partial charge on any atom is -0.457 e. The molecule has 0 spiro atoms. The summed E-state index contributed by atoms with van der Waals surface area (Å²) in [6.07, 6.45) is 57.5. The molecule has 0 saturated heterocycles. The fourth-order valence-electron chi connectivity index (χ4n) is 6.91. The predicted octanol–water partition coefficient (Wildman–Crippen LogP) is 14.7. The summed E-state index contributed by atoms with van der Waals surface area (Å²) in [7, 11) is -4.53. The molecule has 0 aliphatic rings. The van der Waals surface area contributed by atoms with Crippen LogP contribution in [0.5, 0.6) is 0 Å². The summed E-state index contributed by atoms with van der Waals surface area (Å²) < 4.78 is 33.5. The number of carbonyl (C=O) groups is 1. The number of phosphoric acid groups is 1. The number of hydrogen-bond acceptors (Lipinski definition) is 8. The molecule has 0 heterocycles. The lowest BCUT2D eigenvalue weighted by atomic mass is 10.0. The third kappa shape index (κ3) is 47.6. The monoisotopic (exact) mass is 895 g/mol. The van der Waals surface area contributed by atoms with E-state index in [1.807, 2.05) is 0 Å². The molecule has 0 aliphatic carbocycles. The van der Waals surface area contributed by atoms with E-state index in [0.29, 0.717) is 6.61 Å². The van der Waals surface area contributed by atoms with Gasteiger partial charge in [0, 0.05) is 13.0 Å². The number of aliphatic hydroxyl groups excluding tert-OH is 2. The number of phosphoric ester groups is 1. The molecule has 3 atom stereocenters. The zero-order valence-electron chi connectivity index (χ0n) is 39.8. The first-order chi connectivity index (χ1) is 30.3. The van der Waals surface area contributed by atoms with Crippen LogP contribution in [0.2, 0.25) is 0 Å². The fraction of sp³-hybridized carbons (Fsp3) is 0.788. The molecule has 3 unspecified atom stereocenters. The number of carbonyl (C=O) groups excluding carboxylic acids is 1. The Morgan fingerprint density at radius 1 is 0.516 bits per heavy atom. The van der Waals surface area contributed by atoms with E-state index in [1.54, 1.807) is 0 Å². The highest BCUT2D eigenvalue weighted by atomic mass is 31.2. The summed E-state index contributed by atoms with van der Waals surface area (Å²) in [5, 5.41) is 18.4. The van der Waals surface area contributed by atoms with Gasteiger partial charge in [-0.15, -0.1) is 0 Å². The highest BCUT2D eigenvalue weighted by Gasteiger charge is 2.26. The average molecular weight is 895 g/mol. The van der Waals surface area contributed by atoms with Crippen molar-refractivity contribution in [1.29, 1.82) is 0 Å². The molecule has 3 N–H and O–H groups in total. The summed E-state index contributed by atoms with van der Waals surface area (Å²) in [5.41, 5.74) is 0.